The van der Waals surface area contributed by atoms with Gasteiger partial charge in [0.25, 0.3) is 11.8 Å². The Hall–Kier alpha value is -0.810. The molecule has 0 unspecified atom stereocenters. The summed E-state index contributed by atoms with van der Waals surface area (Å²) in [6, 6.07) is -0.861. The van der Waals surface area contributed by atoms with Crippen LogP contribution < -0.4 is 5.32 Å². The maximum absolute atomic E-state index is 13.7. The molecule has 2 atom stereocenters. The second kappa shape index (κ2) is 5.23. The Bertz CT molecular complexity index is 281. The van der Waals surface area contributed by atoms with Crippen LogP contribution in [-0.2, 0) is 4.79 Å². The van der Waals surface area contributed by atoms with Crippen LogP contribution in [0.25, 0.3) is 0 Å². The smallest absolute Gasteiger partial charge is 0.315 e. The number of halogens is 4. The van der Waals surface area contributed by atoms with Crippen LogP contribution in [0.4, 0.5) is 17.6 Å². The summed E-state index contributed by atoms with van der Waals surface area (Å²) in [5.74, 6) is -5.79. The zero-order valence-electron chi connectivity index (χ0n) is 9.85. The monoisotopic (exact) mass is 255 g/mol. The summed E-state index contributed by atoms with van der Waals surface area (Å²) < 4.78 is 51.6. The highest BCUT2D eigenvalue weighted by molar-refractivity contribution is 5.79. The molecular weight excluding hydrogens is 238 g/mol. The van der Waals surface area contributed by atoms with Crippen molar-refractivity contribution in [2.75, 3.05) is 0 Å². The molecule has 0 saturated heterocycles. The molecule has 1 amide bonds. The fraction of sp³-hybridized carbons (Fsp3) is 0.909. The van der Waals surface area contributed by atoms with Gasteiger partial charge in [-0.05, 0) is 18.8 Å². The van der Waals surface area contributed by atoms with Gasteiger partial charge in [-0.25, -0.2) is 8.78 Å². The van der Waals surface area contributed by atoms with E-state index in [0.717, 1.165) is 0 Å². The molecule has 1 N–H and O–H groups in total. The van der Waals surface area contributed by atoms with Gasteiger partial charge in [0.2, 0.25) is 0 Å². The molecule has 1 saturated carbocycles. The number of carbonyl (C=O) groups excluding carboxylic acids is 1. The van der Waals surface area contributed by atoms with Crippen molar-refractivity contribution in [2.24, 2.45) is 11.8 Å². The number of amides is 1. The van der Waals surface area contributed by atoms with Gasteiger partial charge in [-0.1, -0.05) is 13.8 Å². The molecule has 2 nitrogen and oxygen atoms in total. The molecule has 100 valence electrons. The van der Waals surface area contributed by atoms with Crippen LogP contribution in [0, 0.1) is 11.8 Å². The standard InChI is InChI=1S/C11H17F4NO/c1-6(2)8-7(16-10(17)9(12)13)4-3-5-11(8,14)15/h6-9H,3-5H2,1-2H3,(H,16,17)/t7-,8+/m1/s1. The molecule has 6 heteroatoms. The quantitative estimate of drug-likeness (QED) is 0.772. The van der Waals surface area contributed by atoms with E-state index in [9.17, 15) is 22.4 Å². The van der Waals surface area contributed by atoms with E-state index in [1.54, 1.807) is 13.8 Å². The van der Waals surface area contributed by atoms with Crippen molar-refractivity contribution in [3.8, 4) is 0 Å². The van der Waals surface area contributed by atoms with Crippen molar-refractivity contribution in [3.63, 3.8) is 0 Å². The van der Waals surface area contributed by atoms with Gasteiger partial charge >= 0.3 is 6.43 Å². The Morgan fingerprint density at radius 3 is 2.41 bits per heavy atom. The van der Waals surface area contributed by atoms with Gasteiger partial charge in [0, 0.05) is 18.4 Å². The van der Waals surface area contributed by atoms with Crippen LogP contribution in [0.1, 0.15) is 33.1 Å². The molecule has 0 bridgehead atoms. The normalized spacial score (nSPS) is 28.5. The largest absolute Gasteiger partial charge is 0.348 e. The van der Waals surface area contributed by atoms with Crippen molar-refractivity contribution in [1.82, 2.24) is 5.32 Å². The third kappa shape index (κ3) is 3.33. The highest BCUT2D eigenvalue weighted by Crippen LogP contribution is 2.42. The Kier molecular flexibility index (Phi) is 4.38. The van der Waals surface area contributed by atoms with E-state index in [1.165, 1.54) is 0 Å². The van der Waals surface area contributed by atoms with E-state index in [-0.39, 0.29) is 18.8 Å². The number of hydrogen-bond donors (Lipinski definition) is 1. The zero-order chi connectivity index (χ0) is 13.2. The lowest BCUT2D eigenvalue weighted by molar-refractivity contribution is -0.140. The minimum absolute atomic E-state index is 0.239. The van der Waals surface area contributed by atoms with Gasteiger partial charge in [-0.2, -0.15) is 8.78 Å². The fourth-order valence-corrected chi connectivity index (χ4v) is 2.56. The fourth-order valence-electron chi connectivity index (χ4n) is 2.56. The van der Waals surface area contributed by atoms with E-state index >= 15 is 0 Å². The summed E-state index contributed by atoms with van der Waals surface area (Å²) in [5, 5.41) is 2.04. The lowest BCUT2D eigenvalue weighted by Crippen LogP contribution is -2.53. The van der Waals surface area contributed by atoms with Crippen molar-refractivity contribution in [2.45, 2.75) is 51.5 Å². The van der Waals surface area contributed by atoms with Crippen LogP contribution in [0.3, 0.4) is 0 Å². The first-order valence-corrected chi connectivity index (χ1v) is 5.72. The minimum atomic E-state index is -3.15. The van der Waals surface area contributed by atoms with Gasteiger partial charge in [0.15, 0.2) is 0 Å². The molecule has 0 aromatic carbocycles. The Labute approximate surface area is 97.8 Å². The van der Waals surface area contributed by atoms with Crippen LogP contribution in [0.2, 0.25) is 0 Å². The summed E-state index contributed by atoms with van der Waals surface area (Å²) in [4.78, 5) is 10.9. The number of nitrogens with one attached hydrogen (secondary N) is 1. The summed E-state index contributed by atoms with van der Waals surface area (Å²) in [7, 11) is 0. The number of rotatable bonds is 3. The molecule has 0 aromatic rings. The molecule has 17 heavy (non-hydrogen) atoms. The molecule has 0 spiro atoms. The first-order valence-electron chi connectivity index (χ1n) is 5.72. The number of alkyl halides is 4. The summed E-state index contributed by atoms with van der Waals surface area (Å²) in [6.45, 7) is 3.23. The van der Waals surface area contributed by atoms with Gasteiger partial charge in [-0.3, -0.25) is 4.79 Å². The SMILES string of the molecule is CC(C)[C@H]1[C@H](NC(=O)C(F)F)CCCC1(F)F. The first-order chi connectivity index (χ1) is 7.75. The lowest BCUT2D eigenvalue weighted by Gasteiger charge is -2.40. The van der Waals surface area contributed by atoms with Crippen LogP contribution in [0.5, 0.6) is 0 Å². The molecule has 0 heterocycles. The molecule has 0 aliphatic heterocycles. The Morgan fingerprint density at radius 2 is 1.94 bits per heavy atom. The average molecular weight is 255 g/mol. The van der Waals surface area contributed by atoms with Crippen molar-refractivity contribution >= 4 is 5.91 Å². The maximum atomic E-state index is 13.7. The number of carbonyl (C=O) groups is 1. The summed E-state index contributed by atoms with van der Waals surface area (Å²) in [6.07, 6.45) is -2.82. The molecule has 1 aliphatic carbocycles. The van der Waals surface area contributed by atoms with E-state index in [0.29, 0.717) is 6.42 Å². The molecule has 0 aromatic heterocycles. The Balaban J connectivity index is 2.78. The maximum Gasteiger partial charge on any atom is 0.315 e. The van der Waals surface area contributed by atoms with Gasteiger partial charge in [-0.15, -0.1) is 0 Å². The molecule has 1 rings (SSSR count). The van der Waals surface area contributed by atoms with E-state index in [1.807, 2.05) is 5.32 Å². The second-order valence-corrected chi connectivity index (χ2v) is 4.84. The predicted octanol–water partition coefficient (Wildman–Crippen LogP) is 2.83. The van der Waals surface area contributed by atoms with Gasteiger partial charge in [0.05, 0.1) is 0 Å². The third-order valence-electron chi connectivity index (χ3n) is 3.19. The van der Waals surface area contributed by atoms with Crippen molar-refractivity contribution < 1.29 is 22.4 Å². The molecule has 0 radical (unpaired) electrons. The van der Waals surface area contributed by atoms with Crippen LogP contribution in [-0.4, -0.2) is 24.3 Å². The van der Waals surface area contributed by atoms with Gasteiger partial charge in [0.1, 0.15) is 0 Å². The summed E-state index contributed by atoms with van der Waals surface area (Å²) in [5.41, 5.74) is 0. The van der Waals surface area contributed by atoms with Crippen molar-refractivity contribution in [1.29, 1.82) is 0 Å². The number of hydrogen-bond acceptors (Lipinski definition) is 1. The van der Waals surface area contributed by atoms with E-state index in [2.05, 4.69) is 0 Å². The highest BCUT2D eigenvalue weighted by Gasteiger charge is 2.48. The predicted molar refractivity (Wildman–Crippen MR) is 55.1 cm³/mol. The molecule has 1 fully saturated rings. The topological polar surface area (TPSA) is 29.1 Å². The minimum Gasteiger partial charge on any atom is -0.348 e. The third-order valence-corrected chi connectivity index (χ3v) is 3.19. The second-order valence-electron chi connectivity index (χ2n) is 4.84. The summed E-state index contributed by atoms with van der Waals surface area (Å²) >= 11 is 0. The van der Waals surface area contributed by atoms with Crippen molar-refractivity contribution in [3.05, 3.63) is 0 Å². The lowest BCUT2D eigenvalue weighted by atomic mass is 9.75. The van der Waals surface area contributed by atoms with E-state index < -0.39 is 30.2 Å². The molecule has 1 aliphatic rings. The van der Waals surface area contributed by atoms with Gasteiger partial charge < -0.3 is 5.32 Å². The average Bonchev–Trinajstić information content (AvgIpc) is 2.14. The van der Waals surface area contributed by atoms with Crippen LogP contribution in [0.15, 0.2) is 0 Å². The molecular formula is C11H17F4NO. The highest BCUT2D eigenvalue weighted by atomic mass is 19.3. The van der Waals surface area contributed by atoms with E-state index in [4.69, 9.17) is 0 Å². The van der Waals surface area contributed by atoms with Crippen LogP contribution >= 0.6 is 0 Å². The first kappa shape index (κ1) is 14.3. The Morgan fingerprint density at radius 1 is 1.35 bits per heavy atom. The zero-order valence-corrected chi connectivity index (χ0v) is 9.85.